The van der Waals surface area contributed by atoms with Crippen LogP contribution in [0.3, 0.4) is 0 Å². The maximum absolute atomic E-state index is 12.4. The molecule has 4 nitrogen and oxygen atoms in total. The Morgan fingerprint density at radius 3 is 2.55 bits per heavy atom. The number of alkyl halides is 3. The van der Waals surface area contributed by atoms with Crippen LogP contribution in [0.5, 0.6) is 0 Å². The van der Waals surface area contributed by atoms with Crippen LogP contribution < -0.4 is 5.32 Å². The van der Waals surface area contributed by atoms with Gasteiger partial charge in [-0.3, -0.25) is 4.79 Å². The van der Waals surface area contributed by atoms with Crippen LogP contribution in [-0.2, 0) is 6.18 Å². The van der Waals surface area contributed by atoms with Gasteiger partial charge in [0.25, 0.3) is 5.91 Å². The maximum atomic E-state index is 12.4. The van der Waals surface area contributed by atoms with Crippen molar-refractivity contribution in [3.63, 3.8) is 0 Å². The van der Waals surface area contributed by atoms with Gasteiger partial charge in [0.2, 0.25) is 0 Å². The van der Waals surface area contributed by atoms with Crippen LogP contribution in [0.1, 0.15) is 40.8 Å². The van der Waals surface area contributed by atoms with Gasteiger partial charge in [-0.05, 0) is 18.1 Å². The van der Waals surface area contributed by atoms with Crippen LogP contribution in [0.15, 0.2) is 18.3 Å². The molecule has 0 aromatic carbocycles. The van der Waals surface area contributed by atoms with Gasteiger partial charge in [0.15, 0.2) is 4.47 Å². The summed E-state index contributed by atoms with van der Waals surface area (Å²) >= 11 is 7.01. The standard InChI is InChI=1S/C13H11ClF3N3OS/c1-6(2)10-9(20-12(14)22-10)11(21)19-7-3-4-8(18-5-7)13(15,16)17/h3-6H,1-2H3,(H,19,21). The van der Waals surface area contributed by atoms with Gasteiger partial charge >= 0.3 is 6.18 Å². The number of aromatic nitrogens is 2. The summed E-state index contributed by atoms with van der Waals surface area (Å²) in [4.78, 5) is 20.1. The van der Waals surface area contributed by atoms with Crippen molar-refractivity contribution in [3.05, 3.63) is 39.1 Å². The van der Waals surface area contributed by atoms with E-state index in [1.807, 2.05) is 13.8 Å². The fourth-order valence-corrected chi connectivity index (χ4v) is 2.81. The molecule has 0 aliphatic rings. The van der Waals surface area contributed by atoms with E-state index in [1.54, 1.807) is 0 Å². The van der Waals surface area contributed by atoms with Gasteiger partial charge in [0.05, 0.1) is 11.9 Å². The van der Waals surface area contributed by atoms with Crippen molar-refractivity contribution in [2.75, 3.05) is 5.32 Å². The number of amides is 1. The molecule has 0 bridgehead atoms. The maximum Gasteiger partial charge on any atom is 0.433 e. The molecule has 9 heteroatoms. The molecule has 1 amide bonds. The number of hydrogen-bond donors (Lipinski definition) is 1. The number of carbonyl (C=O) groups excluding carboxylic acids is 1. The molecule has 0 unspecified atom stereocenters. The molecule has 0 spiro atoms. The van der Waals surface area contributed by atoms with Crippen molar-refractivity contribution in [2.45, 2.75) is 25.9 Å². The van der Waals surface area contributed by atoms with Gasteiger partial charge in [-0.25, -0.2) is 9.97 Å². The molecular weight excluding hydrogens is 339 g/mol. The first-order valence-corrected chi connectivity index (χ1v) is 7.38. The molecule has 2 heterocycles. The third-order valence-corrected chi connectivity index (χ3v) is 4.14. The summed E-state index contributed by atoms with van der Waals surface area (Å²) in [7, 11) is 0. The van der Waals surface area contributed by atoms with Crippen LogP contribution in [0.25, 0.3) is 0 Å². The third kappa shape index (κ3) is 3.75. The monoisotopic (exact) mass is 349 g/mol. The van der Waals surface area contributed by atoms with E-state index >= 15 is 0 Å². The summed E-state index contributed by atoms with van der Waals surface area (Å²) in [5.41, 5.74) is -0.702. The van der Waals surface area contributed by atoms with E-state index in [2.05, 4.69) is 15.3 Å². The van der Waals surface area contributed by atoms with Crippen molar-refractivity contribution in [3.8, 4) is 0 Å². The Labute approximate surface area is 133 Å². The van der Waals surface area contributed by atoms with Crippen LogP contribution >= 0.6 is 22.9 Å². The Morgan fingerprint density at radius 2 is 2.05 bits per heavy atom. The minimum atomic E-state index is -4.52. The number of anilines is 1. The lowest BCUT2D eigenvalue weighted by Gasteiger charge is -2.08. The molecule has 0 aliphatic carbocycles. The molecule has 2 rings (SSSR count). The van der Waals surface area contributed by atoms with Gasteiger partial charge in [-0.1, -0.05) is 25.4 Å². The van der Waals surface area contributed by atoms with Crippen LogP contribution in [0.2, 0.25) is 4.47 Å². The number of rotatable bonds is 3. The smallest absolute Gasteiger partial charge is 0.319 e. The molecule has 0 atom stereocenters. The number of carbonyl (C=O) groups is 1. The Bertz CT molecular complexity index is 683. The summed E-state index contributed by atoms with van der Waals surface area (Å²) < 4.78 is 37.5. The molecule has 0 saturated carbocycles. The normalized spacial score (nSPS) is 11.8. The highest BCUT2D eigenvalue weighted by Gasteiger charge is 2.32. The first-order valence-electron chi connectivity index (χ1n) is 6.19. The van der Waals surface area contributed by atoms with Crippen molar-refractivity contribution >= 4 is 34.5 Å². The van der Waals surface area contributed by atoms with Gasteiger partial charge in [-0.2, -0.15) is 13.2 Å². The zero-order chi connectivity index (χ0) is 16.5. The zero-order valence-corrected chi connectivity index (χ0v) is 13.1. The average Bonchev–Trinajstić information content (AvgIpc) is 2.81. The molecule has 0 aliphatic heterocycles. The van der Waals surface area contributed by atoms with E-state index in [0.717, 1.165) is 18.3 Å². The second-order valence-electron chi connectivity index (χ2n) is 4.72. The lowest BCUT2D eigenvalue weighted by atomic mass is 10.1. The number of nitrogens with zero attached hydrogens (tertiary/aromatic N) is 2. The van der Waals surface area contributed by atoms with E-state index in [1.165, 1.54) is 11.3 Å². The second kappa shape index (κ2) is 6.21. The van der Waals surface area contributed by atoms with Crippen LogP contribution in [0.4, 0.5) is 18.9 Å². The zero-order valence-electron chi connectivity index (χ0n) is 11.5. The predicted octanol–water partition coefficient (Wildman–Crippen LogP) is 4.59. The van der Waals surface area contributed by atoms with Gasteiger partial charge < -0.3 is 5.32 Å². The summed E-state index contributed by atoms with van der Waals surface area (Å²) in [6.07, 6.45) is -3.57. The fraction of sp³-hybridized carbons (Fsp3) is 0.308. The molecule has 2 aromatic rings. The first-order chi connectivity index (χ1) is 10.2. The number of pyridine rings is 1. The van der Waals surface area contributed by atoms with E-state index in [-0.39, 0.29) is 21.8 Å². The van der Waals surface area contributed by atoms with Crippen LogP contribution in [-0.4, -0.2) is 15.9 Å². The lowest BCUT2D eigenvalue weighted by Crippen LogP contribution is -2.15. The quantitative estimate of drug-likeness (QED) is 0.882. The van der Waals surface area contributed by atoms with Gasteiger partial charge in [-0.15, -0.1) is 11.3 Å². The third-order valence-electron chi connectivity index (χ3n) is 2.68. The fourth-order valence-electron chi connectivity index (χ4n) is 1.68. The van der Waals surface area contributed by atoms with E-state index in [9.17, 15) is 18.0 Å². The lowest BCUT2D eigenvalue weighted by molar-refractivity contribution is -0.141. The Kier molecular flexibility index (Phi) is 4.72. The molecule has 0 fully saturated rings. The Morgan fingerprint density at radius 1 is 1.36 bits per heavy atom. The minimum absolute atomic E-state index is 0.0523. The summed E-state index contributed by atoms with van der Waals surface area (Å²) in [5.74, 6) is -0.482. The van der Waals surface area contributed by atoms with Crippen LogP contribution in [0, 0.1) is 0 Å². The van der Waals surface area contributed by atoms with Gasteiger partial charge in [0.1, 0.15) is 11.4 Å². The molecular formula is C13H11ClF3N3OS. The van der Waals surface area contributed by atoms with Crippen molar-refractivity contribution in [1.29, 1.82) is 0 Å². The minimum Gasteiger partial charge on any atom is -0.319 e. The highest BCUT2D eigenvalue weighted by Crippen LogP contribution is 2.30. The van der Waals surface area contributed by atoms with E-state index in [4.69, 9.17) is 11.6 Å². The van der Waals surface area contributed by atoms with E-state index in [0.29, 0.717) is 4.88 Å². The number of halogens is 4. The van der Waals surface area contributed by atoms with E-state index < -0.39 is 17.8 Å². The largest absolute Gasteiger partial charge is 0.433 e. The van der Waals surface area contributed by atoms with Crippen molar-refractivity contribution < 1.29 is 18.0 Å². The molecule has 0 saturated heterocycles. The summed E-state index contributed by atoms with van der Waals surface area (Å²) in [6, 6.07) is 1.93. The molecule has 2 aromatic heterocycles. The summed E-state index contributed by atoms with van der Waals surface area (Å²) in [6.45, 7) is 3.78. The Balaban J connectivity index is 2.19. The number of thiazole rings is 1. The van der Waals surface area contributed by atoms with Gasteiger partial charge in [0, 0.05) is 4.88 Å². The molecule has 1 N–H and O–H groups in total. The van der Waals surface area contributed by atoms with Crippen molar-refractivity contribution in [1.82, 2.24) is 9.97 Å². The highest BCUT2D eigenvalue weighted by atomic mass is 35.5. The highest BCUT2D eigenvalue weighted by molar-refractivity contribution is 7.16. The molecule has 118 valence electrons. The number of hydrogen-bond acceptors (Lipinski definition) is 4. The topological polar surface area (TPSA) is 54.9 Å². The number of nitrogens with one attached hydrogen (secondary N) is 1. The Hall–Kier alpha value is -1.67. The second-order valence-corrected chi connectivity index (χ2v) is 6.33. The molecule has 22 heavy (non-hydrogen) atoms. The molecule has 0 radical (unpaired) electrons. The SMILES string of the molecule is CC(C)c1sc(Cl)nc1C(=O)Nc1ccc(C(F)(F)F)nc1. The average molecular weight is 350 g/mol. The first kappa shape index (κ1) is 16.7. The van der Waals surface area contributed by atoms with Crippen molar-refractivity contribution in [2.24, 2.45) is 0 Å². The predicted molar refractivity (Wildman–Crippen MR) is 78.4 cm³/mol. The summed E-state index contributed by atoms with van der Waals surface area (Å²) in [5, 5.41) is 2.46.